The van der Waals surface area contributed by atoms with Crippen LogP contribution >= 0.6 is 11.3 Å². The highest BCUT2D eigenvalue weighted by Gasteiger charge is 2.26. The molecule has 3 aromatic rings. The van der Waals surface area contributed by atoms with Crippen LogP contribution < -0.4 is 14.8 Å². The molecule has 0 fully saturated rings. The SMILES string of the molecule is CCOc1ccc(-c2csc(NC(=O)C3COc4ccccc4C3)n2)cc1. The van der Waals surface area contributed by atoms with Gasteiger partial charge in [-0.15, -0.1) is 11.3 Å². The van der Waals surface area contributed by atoms with E-state index in [1.54, 1.807) is 0 Å². The topological polar surface area (TPSA) is 60.5 Å². The minimum atomic E-state index is -0.210. The number of ether oxygens (including phenoxy) is 2. The molecular formula is C21H20N2O3S. The van der Waals surface area contributed by atoms with E-state index >= 15 is 0 Å². The Morgan fingerprint density at radius 2 is 2.07 bits per heavy atom. The minimum Gasteiger partial charge on any atom is -0.494 e. The summed E-state index contributed by atoms with van der Waals surface area (Å²) in [6.45, 7) is 2.99. The third-order valence-corrected chi connectivity index (χ3v) is 5.20. The molecule has 5 nitrogen and oxygen atoms in total. The molecule has 1 atom stereocenters. The molecule has 2 aromatic carbocycles. The van der Waals surface area contributed by atoms with Crippen LogP contribution in [0.1, 0.15) is 12.5 Å². The van der Waals surface area contributed by atoms with Crippen LogP contribution in [0, 0.1) is 5.92 Å². The second kappa shape index (κ2) is 7.80. The first kappa shape index (κ1) is 17.5. The van der Waals surface area contributed by atoms with E-state index in [2.05, 4.69) is 10.3 Å². The molecule has 0 radical (unpaired) electrons. The lowest BCUT2D eigenvalue weighted by molar-refractivity contribution is -0.121. The summed E-state index contributed by atoms with van der Waals surface area (Å²) in [5.74, 6) is 1.44. The van der Waals surface area contributed by atoms with E-state index in [9.17, 15) is 4.79 Å². The summed E-state index contributed by atoms with van der Waals surface area (Å²) in [4.78, 5) is 17.1. The number of anilines is 1. The number of carbonyl (C=O) groups is 1. The van der Waals surface area contributed by atoms with Gasteiger partial charge in [0, 0.05) is 10.9 Å². The first-order chi connectivity index (χ1) is 13.2. The van der Waals surface area contributed by atoms with Crippen molar-refractivity contribution in [3.05, 3.63) is 59.5 Å². The van der Waals surface area contributed by atoms with Gasteiger partial charge in [-0.25, -0.2) is 4.98 Å². The van der Waals surface area contributed by atoms with E-state index in [0.29, 0.717) is 24.8 Å². The van der Waals surface area contributed by atoms with Gasteiger partial charge < -0.3 is 14.8 Å². The second-order valence-electron chi connectivity index (χ2n) is 6.30. The van der Waals surface area contributed by atoms with Gasteiger partial charge in [-0.1, -0.05) is 18.2 Å². The highest BCUT2D eigenvalue weighted by Crippen LogP contribution is 2.29. The normalized spacial score (nSPS) is 15.5. The monoisotopic (exact) mass is 380 g/mol. The maximum atomic E-state index is 12.6. The molecule has 1 aromatic heterocycles. The Hall–Kier alpha value is -2.86. The summed E-state index contributed by atoms with van der Waals surface area (Å²) in [5, 5.41) is 5.47. The van der Waals surface area contributed by atoms with Crippen molar-refractivity contribution in [2.75, 3.05) is 18.5 Å². The van der Waals surface area contributed by atoms with E-state index < -0.39 is 0 Å². The number of amides is 1. The van der Waals surface area contributed by atoms with Crippen LogP contribution in [-0.2, 0) is 11.2 Å². The second-order valence-corrected chi connectivity index (χ2v) is 7.16. The number of aromatic nitrogens is 1. The van der Waals surface area contributed by atoms with Crippen molar-refractivity contribution in [1.82, 2.24) is 4.98 Å². The van der Waals surface area contributed by atoms with Gasteiger partial charge in [0.25, 0.3) is 0 Å². The van der Waals surface area contributed by atoms with Crippen molar-refractivity contribution in [2.24, 2.45) is 5.92 Å². The van der Waals surface area contributed by atoms with Gasteiger partial charge in [-0.05, 0) is 49.2 Å². The number of benzene rings is 2. The summed E-state index contributed by atoms with van der Waals surface area (Å²) in [5.41, 5.74) is 2.90. The van der Waals surface area contributed by atoms with Gasteiger partial charge in [0.1, 0.15) is 18.1 Å². The van der Waals surface area contributed by atoms with Crippen molar-refractivity contribution in [3.63, 3.8) is 0 Å². The third kappa shape index (κ3) is 3.95. The lowest BCUT2D eigenvalue weighted by Crippen LogP contribution is -2.32. The molecule has 138 valence electrons. The van der Waals surface area contributed by atoms with Gasteiger partial charge in [0.2, 0.25) is 5.91 Å². The molecule has 0 aliphatic carbocycles. The molecule has 6 heteroatoms. The molecule has 4 rings (SSSR count). The molecule has 0 saturated carbocycles. The summed E-state index contributed by atoms with van der Waals surface area (Å²) >= 11 is 1.42. The Labute approximate surface area is 162 Å². The number of para-hydroxylation sites is 1. The number of fused-ring (bicyclic) bond motifs is 1. The fraction of sp³-hybridized carbons (Fsp3) is 0.238. The van der Waals surface area contributed by atoms with Crippen LogP contribution in [0.5, 0.6) is 11.5 Å². The lowest BCUT2D eigenvalue weighted by Gasteiger charge is -2.24. The number of nitrogens with zero attached hydrogens (tertiary/aromatic N) is 1. The van der Waals surface area contributed by atoms with Crippen molar-refractivity contribution < 1.29 is 14.3 Å². The molecule has 2 heterocycles. The lowest BCUT2D eigenvalue weighted by atomic mass is 9.96. The van der Waals surface area contributed by atoms with E-state index in [0.717, 1.165) is 28.3 Å². The summed E-state index contributed by atoms with van der Waals surface area (Å²) in [6, 6.07) is 15.6. The predicted octanol–water partition coefficient (Wildman–Crippen LogP) is 4.40. The van der Waals surface area contributed by atoms with Crippen LogP contribution in [0.15, 0.2) is 53.9 Å². The zero-order valence-corrected chi connectivity index (χ0v) is 15.8. The third-order valence-electron chi connectivity index (χ3n) is 4.45. The van der Waals surface area contributed by atoms with E-state index in [1.807, 2.05) is 60.8 Å². The Morgan fingerprint density at radius 3 is 2.89 bits per heavy atom. The van der Waals surface area contributed by atoms with Crippen molar-refractivity contribution in [1.29, 1.82) is 0 Å². The Bertz CT molecular complexity index is 937. The smallest absolute Gasteiger partial charge is 0.233 e. The molecule has 27 heavy (non-hydrogen) atoms. The van der Waals surface area contributed by atoms with Crippen LogP contribution in [0.4, 0.5) is 5.13 Å². The standard InChI is InChI=1S/C21H20N2O3S/c1-2-25-17-9-7-14(8-10-17)18-13-27-21(22-18)23-20(24)16-11-15-5-3-4-6-19(15)26-12-16/h3-10,13,16H,2,11-12H2,1H3,(H,22,23,24). The predicted molar refractivity (Wildman–Crippen MR) is 106 cm³/mol. The number of rotatable bonds is 5. The van der Waals surface area contributed by atoms with E-state index in [1.165, 1.54) is 11.3 Å². The van der Waals surface area contributed by atoms with Gasteiger partial charge in [-0.2, -0.15) is 0 Å². The molecule has 1 aliphatic heterocycles. The zero-order valence-electron chi connectivity index (χ0n) is 15.0. The largest absolute Gasteiger partial charge is 0.494 e. The summed E-state index contributed by atoms with van der Waals surface area (Å²) in [7, 11) is 0. The van der Waals surface area contributed by atoms with Gasteiger partial charge in [-0.3, -0.25) is 4.79 Å². The van der Waals surface area contributed by atoms with Crippen molar-refractivity contribution in [2.45, 2.75) is 13.3 Å². The van der Waals surface area contributed by atoms with Crippen LogP contribution in [-0.4, -0.2) is 24.1 Å². The number of hydrogen-bond donors (Lipinski definition) is 1. The molecule has 1 unspecified atom stereocenters. The highest BCUT2D eigenvalue weighted by molar-refractivity contribution is 7.14. The Kier molecular flexibility index (Phi) is 5.07. The number of carbonyl (C=O) groups excluding carboxylic acids is 1. The molecule has 0 bridgehead atoms. The minimum absolute atomic E-state index is 0.0582. The van der Waals surface area contributed by atoms with Crippen LogP contribution in [0.3, 0.4) is 0 Å². The fourth-order valence-electron chi connectivity index (χ4n) is 3.06. The summed E-state index contributed by atoms with van der Waals surface area (Å²) in [6.07, 6.45) is 0.680. The molecular weight excluding hydrogens is 360 g/mol. The average molecular weight is 380 g/mol. The first-order valence-corrected chi connectivity index (χ1v) is 9.81. The maximum absolute atomic E-state index is 12.6. The molecule has 1 amide bonds. The van der Waals surface area contributed by atoms with Crippen LogP contribution in [0.2, 0.25) is 0 Å². The molecule has 1 N–H and O–H groups in total. The van der Waals surface area contributed by atoms with Crippen LogP contribution in [0.25, 0.3) is 11.3 Å². The number of hydrogen-bond acceptors (Lipinski definition) is 5. The van der Waals surface area contributed by atoms with Crippen molar-refractivity contribution >= 4 is 22.4 Å². The molecule has 1 aliphatic rings. The number of nitrogens with one attached hydrogen (secondary N) is 1. The first-order valence-electron chi connectivity index (χ1n) is 8.93. The zero-order chi connectivity index (χ0) is 18.6. The van der Waals surface area contributed by atoms with E-state index in [4.69, 9.17) is 9.47 Å². The van der Waals surface area contributed by atoms with Crippen molar-refractivity contribution in [3.8, 4) is 22.8 Å². The van der Waals surface area contributed by atoms with Gasteiger partial charge in [0.15, 0.2) is 5.13 Å². The Morgan fingerprint density at radius 1 is 1.26 bits per heavy atom. The fourth-order valence-corrected chi connectivity index (χ4v) is 3.78. The molecule has 0 spiro atoms. The quantitative estimate of drug-likeness (QED) is 0.713. The molecule has 0 saturated heterocycles. The van der Waals surface area contributed by atoms with E-state index in [-0.39, 0.29) is 11.8 Å². The van der Waals surface area contributed by atoms with Gasteiger partial charge >= 0.3 is 0 Å². The highest BCUT2D eigenvalue weighted by atomic mass is 32.1. The Balaban J connectivity index is 1.41. The average Bonchev–Trinajstić information content (AvgIpc) is 3.17. The summed E-state index contributed by atoms with van der Waals surface area (Å²) < 4.78 is 11.2. The van der Waals surface area contributed by atoms with Gasteiger partial charge in [0.05, 0.1) is 18.2 Å². The number of thiazole rings is 1. The maximum Gasteiger partial charge on any atom is 0.233 e.